The highest BCUT2D eigenvalue weighted by atomic mass is 16.5. The van der Waals surface area contributed by atoms with E-state index in [2.05, 4.69) is 10.1 Å². The van der Waals surface area contributed by atoms with Gasteiger partial charge in [-0.1, -0.05) is 0 Å². The molecule has 0 bridgehead atoms. The molecule has 0 spiro atoms. The molecule has 0 fully saturated rings. The number of rotatable bonds is 5. The van der Waals surface area contributed by atoms with Gasteiger partial charge >= 0.3 is 0 Å². The lowest BCUT2D eigenvalue weighted by atomic mass is 10.0. The highest BCUT2D eigenvalue weighted by Crippen LogP contribution is 2.11. The zero-order valence-corrected chi connectivity index (χ0v) is 8.90. The van der Waals surface area contributed by atoms with Crippen molar-refractivity contribution < 1.29 is 9.84 Å². The van der Waals surface area contributed by atoms with Crippen LogP contribution in [0.25, 0.3) is 0 Å². The Labute approximate surface area is 83.7 Å². The summed E-state index contributed by atoms with van der Waals surface area (Å²) in [5.74, 6) is 0.787. The van der Waals surface area contributed by atoms with E-state index >= 15 is 0 Å². The Morgan fingerprint density at radius 1 is 1.64 bits per heavy atom. The largest absolute Gasteiger partial charge is 0.387 e. The van der Waals surface area contributed by atoms with Crippen LogP contribution in [-0.4, -0.2) is 39.2 Å². The Bertz CT molecular complexity index is 283. The molecule has 0 saturated carbocycles. The number of nitrogens with zero attached hydrogens (tertiary/aromatic N) is 3. The average molecular weight is 199 g/mol. The number of aliphatic hydroxyl groups is 1. The third-order valence-electron chi connectivity index (χ3n) is 1.99. The van der Waals surface area contributed by atoms with Crippen molar-refractivity contribution in [1.29, 1.82) is 0 Å². The fourth-order valence-electron chi connectivity index (χ4n) is 1.39. The van der Waals surface area contributed by atoms with E-state index in [9.17, 15) is 5.11 Å². The molecule has 0 saturated heterocycles. The second-order valence-corrected chi connectivity index (χ2v) is 3.60. The van der Waals surface area contributed by atoms with Crippen molar-refractivity contribution in [3.63, 3.8) is 0 Å². The predicted octanol–water partition coefficient (Wildman–Crippen LogP) is 0.238. The maximum absolute atomic E-state index is 9.90. The molecule has 14 heavy (non-hydrogen) atoms. The van der Waals surface area contributed by atoms with Crippen LogP contribution in [-0.2, 0) is 17.7 Å². The molecule has 5 heteroatoms. The number of methoxy groups -OCH3 is 1. The van der Waals surface area contributed by atoms with Crippen molar-refractivity contribution in [3.8, 4) is 0 Å². The first kappa shape index (κ1) is 11.1. The molecule has 0 radical (unpaired) electrons. The van der Waals surface area contributed by atoms with Crippen LogP contribution in [0.1, 0.15) is 19.7 Å². The van der Waals surface area contributed by atoms with Crippen LogP contribution in [0.4, 0.5) is 0 Å². The van der Waals surface area contributed by atoms with E-state index in [-0.39, 0.29) is 0 Å². The Morgan fingerprint density at radius 2 is 2.36 bits per heavy atom. The molecule has 80 valence electrons. The Morgan fingerprint density at radius 3 is 2.93 bits per heavy atom. The van der Waals surface area contributed by atoms with Gasteiger partial charge < -0.3 is 9.84 Å². The lowest BCUT2D eigenvalue weighted by molar-refractivity contribution is -0.0180. The molecular formula is C9H17N3O2. The summed E-state index contributed by atoms with van der Waals surface area (Å²) in [6.07, 6.45) is 1.95. The van der Waals surface area contributed by atoms with Gasteiger partial charge in [-0.2, -0.15) is 5.10 Å². The third-order valence-corrected chi connectivity index (χ3v) is 1.99. The Hall–Kier alpha value is -0.940. The minimum atomic E-state index is -0.880. The highest BCUT2D eigenvalue weighted by molar-refractivity contribution is 4.92. The van der Waals surface area contributed by atoms with E-state index in [4.69, 9.17) is 4.74 Å². The predicted molar refractivity (Wildman–Crippen MR) is 51.9 cm³/mol. The summed E-state index contributed by atoms with van der Waals surface area (Å²) in [6, 6.07) is 0. The molecule has 0 aliphatic heterocycles. The molecule has 1 heterocycles. The van der Waals surface area contributed by atoms with Crippen molar-refractivity contribution in [2.45, 2.75) is 32.4 Å². The summed E-state index contributed by atoms with van der Waals surface area (Å²) in [4.78, 5) is 4.09. The van der Waals surface area contributed by atoms with Crippen molar-refractivity contribution in [2.75, 3.05) is 13.7 Å². The van der Waals surface area contributed by atoms with E-state index in [1.165, 1.54) is 6.33 Å². The van der Waals surface area contributed by atoms with Gasteiger partial charge in [0.15, 0.2) is 0 Å². The first-order valence-electron chi connectivity index (χ1n) is 4.67. The standard InChI is InChI=1S/C9H17N3O2/c1-4-12-8(10-7-11-12)5-9(2,13)6-14-3/h7,13H,4-6H2,1-3H3. The topological polar surface area (TPSA) is 60.2 Å². The van der Waals surface area contributed by atoms with Crippen molar-refractivity contribution in [2.24, 2.45) is 0 Å². The van der Waals surface area contributed by atoms with Crippen LogP contribution in [0.3, 0.4) is 0 Å². The van der Waals surface area contributed by atoms with Gasteiger partial charge in [0.05, 0.1) is 12.2 Å². The molecule has 1 atom stereocenters. The van der Waals surface area contributed by atoms with Crippen molar-refractivity contribution in [1.82, 2.24) is 14.8 Å². The van der Waals surface area contributed by atoms with Gasteiger partial charge in [-0.05, 0) is 13.8 Å². The number of ether oxygens (including phenoxy) is 1. The maximum atomic E-state index is 9.90. The normalized spacial score (nSPS) is 15.4. The van der Waals surface area contributed by atoms with Gasteiger partial charge in [0, 0.05) is 20.1 Å². The van der Waals surface area contributed by atoms with Crippen LogP contribution in [0.2, 0.25) is 0 Å². The van der Waals surface area contributed by atoms with Crippen molar-refractivity contribution in [3.05, 3.63) is 12.2 Å². The number of hydrogen-bond donors (Lipinski definition) is 1. The van der Waals surface area contributed by atoms with E-state index in [1.54, 1.807) is 18.7 Å². The molecular weight excluding hydrogens is 182 g/mol. The first-order chi connectivity index (χ1) is 6.59. The molecule has 5 nitrogen and oxygen atoms in total. The minimum absolute atomic E-state index is 0.295. The highest BCUT2D eigenvalue weighted by Gasteiger charge is 2.23. The van der Waals surface area contributed by atoms with E-state index < -0.39 is 5.60 Å². The zero-order chi connectivity index (χ0) is 10.6. The Balaban J connectivity index is 2.67. The number of aromatic nitrogens is 3. The minimum Gasteiger partial charge on any atom is -0.387 e. The first-order valence-corrected chi connectivity index (χ1v) is 4.67. The van der Waals surface area contributed by atoms with Gasteiger partial charge in [-0.3, -0.25) is 4.68 Å². The van der Waals surface area contributed by atoms with Gasteiger partial charge in [0.1, 0.15) is 12.2 Å². The molecule has 0 aliphatic carbocycles. The summed E-state index contributed by atoms with van der Waals surface area (Å²) in [5.41, 5.74) is -0.880. The quantitative estimate of drug-likeness (QED) is 0.738. The van der Waals surface area contributed by atoms with Crippen LogP contribution in [0.15, 0.2) is 6.33 Å². The second kappa shape index (κ2) is 4.52. The molecule has 0 aliphatic rings. The third kappa shape index (κ3) is 2.78. The monoisotopic (exact) mass is 199 g/mol. The Kier molecular flexibility index (Phi) is 3.60. The van der Waals surface area contributed by atoms with Crippen LogP contribution >= 0.6 is 0 Å². The molecule has 0 aromatic carbocycles. The molecule has 1 unspecified atom stereocenters. The van der Waals surface area contributed by atoms with Crippen molar-refractivity contribution >= 4 is 0 Å². The zero-order valence-electron chi connectivity index (χ0n) is 8.90. The maximum Gasteiger partial charge on any atom is 0.138 e. The summed E-state index contributed by atoms with van der Waals surface area (Å²) in [7, 11) is 1.57. The molecule has 0 amide bonds. The SMILES string of the molecule is CCn1ncnc1CC(C)(O)COC. The average Bonchev–Trinajstić information content (AvgIpc) is 2.50. The number of hydrogen-bond acceptors (Lipinski definition) is 4. The fourth-order valence-corrected chi connectivity index (χ4v) is 1.39. The molecule has 1 aromatic heterocycles. The van der Waals surface area contributed by atoms with Gasteiger partial charge in [0.2, 0.25) is 0 Å². The fraction of sp³-hybridized carbons (Fsp3) is 0.778. The van der Waals surface area contributed by atoms with Gasteiger partial charge in [-0.25, -0.2) is 4.98 Å². The number of aryl methyl sites for hydroxylation is 1. The van der Waals surface area contributed by atoms with E-state index in [0.29, 0.717) is 13.0 Å². The van der Waals surface area contributed by atoms with E-state index in [0.717, 1.165) is 12.4 Å². The summed E-state index contributed by atoms with van der Waals surface area (Å²) >= 11 is 0. The van der Waals surface area contributed by atoms with Crippen LogP contribution in [0, 0.1) is 0 Å². The van der Waals surface area contributed by atoms with Gasteiger partial charge in [-0.15, -0.1) is 0 Å². The van der Waals surface area contributed by atoms with Gasteiger partial charge in [0.25, 0.3) is 0 Å². The molecule has 1 rings (SSSR count). The second-order valence-electron chi connectivity index (χ2n) is 3.60. The molecule has 1 N–H and O–H groups in total. The van der Waals surface area contributed by atoms with Crippen LogP contribution in [0.5, 0.6) is 0 Å². The van der Waals surface area contributed by atoms with E-state index in [1.807, 2.05) is 6.92 Å². The molecule has 1 aromatic rings. The lowest BCUT2D eigenvalue weighted by Crippen LogP contribution is -2.34. The summed E-state index contributed by atoms with van der Waals surface area (Å²) < 4.78 is 6.69. The van der Waals surface area contributed by atoms with Crippen LogP contribution < -0.4 is 0 Å². The summed E-state index contributed by atoms with van der Waals surface area (Å²) in [5, 5.41) is 13.9. The lowest BCUT2D eigenvalue weighted by Gasteiger charge is -2.21. The smallest absolute Gasteiger partial charge is 0.138 e. The summed E-state index contributed by atoms with van der Waals surface area (Å²) in [6.45, 7) is 4.77.